The van der Waals surface area contributed by atoms with Crippen LogP contribution in [0.2, 0.25) is 0 Å². The molecule has 21 heavy (non-hydrogen) atoms. The highest BCUT2D eigenvalue weighted by atomic mass is 16.5. The Labute approximate surface area is 125 Å². The Morgan fingerprint density at radius 1 is 1.24 bits per heavy atom. The number of hydrogen-bond acceptors (Lipinski definition) is 4. The number of ether oxygens (including phenoxy) is 1. The molecule has 0 atom stereocenters. The Hall–Kier alpha value is -1.63. The van der Waals surface area contributed by atoms with Gasteiger partial charge in [-0.05, 0) is 12.8 Å². The predicted octanol–water partition coefficient (Wildman–Crippen LogP) is 0.489. The van der Waals surface area contributed by atoms with Gasteiger partial charge in [-0.1, -0.05) is 13.8 Å². The molecule has 0 heterocycles. The first kappa shape index (κ1) is 19.4. The van der Waals surface area contributed by atoms with E-state index in [-0.39, 0.29) is 24.8 Å². The molecular formula is C14H26N2O5. The molecule has 7 heteroatoms. The highest BCUT2D eigenvalue weighted by Gasteiger charge is 2.38. The van der Waals surface area contributed by atoms with Crippen LogP contribution < -0.4 is 5.32 Å². The lowest BCUT2D eigenvalue weighted by atomic mass is 9.79. The maximum atomic E-state index is 12.1. The van der Waals surface area contributed by atoms with Crippen molar-refractivity contribution in [1.29, 1.82) is 0 Å². The maximum absolute atomic E-state index is 12.1. The smallest absolute Gasteiger partial charge is 0.310 e. The van der Waals surface area contributed by atoms with Gasteiger partial charge in [0.2, 0.25) is 11.8 Å². The van der Waals surface area contributed by atoms with Gasteiger partial charge in [-0.25, -0.2) is 0 Å². The fraction of sp³-hybridized carbons (Fsp3) is 0.786. The first-order valence-electron chi connectivity index (χ1n) is 7.06. The standard InChI is InChI=1S/C14H26N2O5/c1-5-14(6-2,13(19)20)9-12(18)16(3)10-11(17)15-7-8-21-4/h5-10H2,1-4H3,(H,15,17)(H,19,20). The Kier molecular flexibility index (Phi) is 8.61. The molecule has 0 radical (unpaired) electrons. The zero-order valence-electron chi connectivity index (χ0n) is 13.3. The number of carbonyl (C=O) groups is 3. The molecule has 0 aliphatic rings. The number of carboxylic acid groups (broad SMARTS) is 1. The van der Waals surface area contributed by atoms with Gasteiger partial charge in [-0.3, -0.25) is 14.4 Å². The summed E-state index contributed by atoms with van der Waals surface area (Å²) in [5, 5.41) is 11.9. The highest BCUT2D eigenvalue weighted by molar-refractivity contribution is 5.88. The summed E-state index contributed by atoms with van der Waals surface area (Å²) in [5.41, 5.74) is -1.06. The molecule has 0 aliphatic carbocycles. The van der Waals surface area contributed by atoms with Crippen LogP contribution in [-0.2, 0) is 19.1 Å². The second kappa shape index (κ2) is 9.33. The summed E-state index contributed by atoms with van der Waals surface area (Å²) in [4.78, 5) is 36.3. The number of carbonyl (C=O) groups excluding carboxylic acids is 2. The van der Waals surface area contributed by atoms with E-state index in [2.05, 4.69) is 5.32 Å². The number of likely N-dealkylation sites (N-methyl/N-ethyl adjacent to an activating group) is 1. The van der Waals surface area contributed by atoms with Crippen molar-refractivity contribution in [3.05, 3.63) is 0 Å². The van der Waals surface area contributed by atoms with Crippen LogP contribution in [0.4, 0.5) is 0 Å². The zero-order chi connectivity index (χ0) is 16.5. The molecule has 7 nitrogen and oxygen atoms in total. The molecule has 0 aromatic heterocycles. The molecule has 0 aromatic carbocycles. The number of rotatable bonds is 10. The fourth-order valence-electron chi connectivity index (χ4n) is 1.95. The van der Waals surface area contributed by atoms with Gasteiger partial charge in [-0.15, -0.1) is 0 Å². The van der Waals surface area contributed by atoms with Crippen molar-refractivity contribution in [1.82, 2.24) is 10.2 Å². The fourth-order valence-corrected chi connectivity index (χ4v) is 1.95. The van der Waals surface area contributed by atoms with E-state index < -0.39 is 11.4 Å². The molecule has 2 N–H and O–H groups in total. The van der Waals surface area contributed by atoms with Crippen LogP contribution in [0.3, 0.4) is 0 Å². The molecule has 2 amide bonds. The van der Waals surface area contributed by atoms with Crippen LogP contribution >= 0.6 is 0 Å². The lowest BCUT2D eigenvalue weighted by Crippen LogP contribution is -2.42. The topological polar surface area (TPSA) is 95.9 Å². The molecule has 0 spiro atoms. The third kappa shape index (κ3) is 6.12. The zero-order valence-corrected chi connectivity index (χ0v) is 13.3. The average molecular weight is 302 g/mol. The van der Waals surface area contributed by atoms with Gasteiger partial charge in [0.05, 0.1) is 18.6 Å². The summed E-state index contributed by atoms with van der Waals surface area (Å²) in [6.07, 6.45) is 0.647. The van der Waals surface area contributed by atoms with Crippen LogP contribution in [0.25, 0.3) is 0 Å². The largest absolute Gasteiger partial charge is 0.481 e. The van der Waals surface area contributed by atoms with Gasteiger partial charge in [0.15, 0.2) is 0 Å². The number of methoxy groups -OCH3 is 1. The first-order valence-corrected chi connectivity index (χ1v) is 7.06. The Bertz CT molecular complexity index is 366. The third-order valence-corrected chi connectivity index (χ3v) is 3.73. The summed E-state index contributed by atoms with van der Waals surface area (Å²) in [6, 6.07) is 0. The SMILES string of the molecule is CCC(CC)(CC(=O)N(C)CC(=O)NCCOC)C(=O)O. The Morgan fingerprint density at radius 2 is 1.81 bits per heavy atom. The van der Waals surface area contributed by atoms with Gasteiger partial charge < -0.3 is 20.1 Å². The van der Waals surface area contributed by atoms with E-state index in [0.29, 0.717) is 26.0 Å². The summed E-state index contributed by atoms with van der Waals surface area (Å²) >= 11 is 0. The van der Waals surface area contributed by atoms with Crippen molar-refractivity contribution >= 4 is 17.8 Å². The van der Waals surface area contributed by atoms with E-state index in [0.717, 1.165) is 0 Å². The van der Waals surface area contributed by atoms with Crippen molar-refractivity contribution in [3.63, 3.8) is 0 Å². The summed E-state index contributed by atoms with van der Waals surface area (Å²) < 4.78 is 4.81. The van der Waals surface area contributed by atoms with Crippen molar-refractivity contribution in [3.8, 4) is 0 Å². The van der Waals surface area contributed by atoms with Gasteiger partial charge in [0, 0.05) is 27.1 Å². The van der Waals surface area contributed by atoms with E-state index in [4.69, 9.17) is 4.74 Å². The Balaban J connectivity index is 4.50. The van der Waals surface area contributed by atoms with Crippen molar-refractivity contribution in [2.75, 3.05) is 33.9 Å². The van der Waals surface area contributed by atoms with Crippen molar-refractivity contribution < 1.29 is 24.2 Å². The van der Waals surface area contributed by atoms with Gasteiger partial charge in [0.1, 0.15) is 0 Å². The molecule has 122 valence electrons. The molecular weight excluding hydrogens is 276 g/mol. The molecule has 0 rings (SSSR count). The van der Waals surface area contributed by atoms with Gasteiger partial charge in [0.25, 0.3) is 0 Å². The number of hydrogen-bond donors (Lipinski definition) is 2. The molecule has 0 bridgehead atoms. The summed E-state index contributed by atoms with van der Waals surface area (Å²) in [7, 11) is 3.03. The van der Waals surface area contributed by atoms with Crippen LogP contribution in [0.1, 0.15) is 33.1 Å². The second-order valence-corrected chi connectivity index (χ2v) is 5.06. The van der Waals surface area contributed by atoms with E-state index in [9.17, 15) is 19.5 Å². The predicted molar refractivity (Wildman–Crippen MR) is 77.8 cm³/mol. The molecule has 0 aliphatic heterocycles. The number of nitrogens with zero attached hydrogens (tertiary/aromatic N) is 1. The van der Waals surface area contributed by atoms with Crippen molar-refractivity contribution in [2.24, 2.45) is 5.41 Å². The molecule has 0 unspecified atom stereocenters. The number of aliphatic carboxylic acids is 1. The maximum Gasteiger partial charge on any atom is 0.310 e. The van der Waals surface area contributed by atoms with Crippen LogP contribution in [0.15, 0.2) is 0 Å². The van der Waals surface area contributed by atoms with Gasteiger partial charge >= 0.3 is 5.97 Å². The summed E-state index contributed by atoms with van der Waals surface area (Å²) in [6.45, 7) is 4.19. The molecule has 0 fully saturated rings. The minimum Gasteiger partial charge on any atom is -0.481 e. The number of amides is 2. The minimum absolute atomic E-state index is 0.0916. The van der Waals surface area contributed by atoms with Crippen LogP contribution in [-0.4, -0.2) is 61.6 Å². The first-order chi connectivity index (χ1) is 9.82. The Morgan fingerprint density at radius 3 is 2.24 bits per heavy atom. The minimum atomic E-state index is -1.06. The molecule has 0 saturated carbocycles. The summed E-state index contributed by atoms with van der Waals surface area (Å²) in [5.74, 6) is -1.61. The molecule has 0 saturated heterocycles. The molecule has 0 aromatic rings. The average Bonchev–Trinajstić information content (AvgIpc) is 2.44. The quantitative estimate of drug-likeness (QED) is 0.573. The van der Waals surface area contributed by atoms with Crippen molar-refractivity contribution in [2.45, 2.75) is 33.1 Å². The van der Waals surface area contributed by atoms with E-state index in [1.807, 2.05) is 0 Å². The van der Waals surface area contributed by atoms with Gasteiger partial charge in [-0.2, -0.15) is 0 Å². The van der Waals surface area contributed by atoms with E-state index >= 15 is 0 Å². The lowest BCUT2D eigenvalue weighted by Gasteiger charge is -2.28. The second-order valence-electron chi connectivity index (χ2n) is 5.06. The highest BCUT2D eigenvalue weighted by Crippen LogP contribution is 2.31. The van der Waals surface area contributed by atoms with Crippen LogP contribution in [0.5, 0.6) is 0 Å². The third-order valence-electron chi connectivity index (χ3n) is 3.73. The number of nitrogens with one attached hydrogen (secondary N) is 1. The van der Waals surface area contributed by atoms with Crippen LogP contribution in [0, 0.1) is 5.41 Å². The lowest BCUT2D eigenvalue weighted by molar-refractivity contribution is -0.154. The number of carboxylic acids is 1. The van der Waals surface area contributed by atoms with E-state index in [1.165, 1.54) is 19.1 Å². The normalized spacial score (nSPS) is 11.0. The van der Waals surface area contributed by atoms with E-state index in [1.54, 1.807) is 13.8 Å². The monoisotopic (exact) mass is 302 g/mol.